The van der Waals surface area contributed by atoms with Gasteiger partial charge in [0.1, 0.15) is 5.75 Å². The van der Waals surface area contributed by atoms with Gasteiger partial charge in [0.25, 0.3) is 0 Å². The van der Waals surface area contributed by atoms with E-state index in [2.05, 4.69) is 25.9 Å². The molecule has 1 rings (SSSR count). The molecule has 16 heavy (non-hydrogen) atoms. The van der Waals surface area contributed by atoms with Crippen LogP contribution < -0.4 is 4.74 Å². The first kappa shape index (κ1) is 13.3. The van der Waals surface area contributed by atoms with Gasteiger partial charge in [-0.25, -0.2) is 0 Å². The highest BCUT2D eigenvalue weighted by molar-refractivity contribution is 6.30. The van der Waals surface area contributed by atoms with Crippen molar-refractivity contribution in [3.8, 4) is 5.75 Å². The molecule has 2 nitrogen and oxygen atoms in total. The maximum atomic E-state index is 5.81. The van der Waals surface area contributed by atoms with E-state index in [-0.39, 0.29) is 0 Å². The van der Waals surface area contributed by atoms with Crippen LogP contribution in [0, 0.1) is 5.92 Å². The highest BCUT2D eigenvalue weighted by Gasteiger charge is 2.08. The highest BCUT2D eigenvalue weighted by Crippen LogP contribution is 2.16. The molecule has 1 aromatic rings. The molecule has 0 heterocycles. The second-order valence-electron chi connectivity index (χ2n) is 4.30. The van der Waals surface area contributed by atoms with Gasteiger partial charge in [0.15, 0.2) is 0 Å². The molecular formula is C13H20ClNO. The van der Waals surface area contributed by atoms with Crippen LogP contribution in [0.25, 0.3) is 0 Å². The minimum atomic E-state index is 0.575. The Morgan fingerprint density at radius 1 is 1.25 bits per heavy atom. The quantitative estimate of drug-likeness (QED) is 0.758. The lowest BCUT2D eigenvalue weighted by atomic mass is 10.1. The maximum absolute atomic E-state index is 5.81. The normalized spacial score (nSPS) is 12.8. The summed E-state index contributed by atoms with van der Waals surface area (Å²) >= 11 is 5.81. The van der Waals surface area contributed by atoms with E-state index in [1.54, 1.807) is 0 Å². The molecule has 0 fully saturated rings. The third-order valence-corrected chi connectivity index (χ3v) is 2.75. The van der Waals surface area contributed by atoms with Crippen LogP contribution in [0.1, 0.15) is 13.3 Å². The summed E-state index contributed by atoms with van der Waals surface area (Å²) in [5.74, 6) is 1.47. The molecule has 1 atom stereocenters. The van der Waals surface area contributed by atoms with Crippen molar-refractivity contribution in [3.63, 3.8) is 0 Å². The summed E-state index contributed by atoms with van der Waals surface area (Å²) in [6.45, 7) is 4.01. The van der Waals surface area contributed by atoms with E-state index in [1.165, 1.54) is 0 Å². The van der Waals surface area contributed by atoms with Crippen molar-refractivity contribution in [2.24, 2.45) is 5.92 Å². The molecule has 0 amide bonds. The zero-order valence-electron chi connectivity index (χ0n) is 10.2. The van der Waals surface area contributed by atoms with Gasteiger partial charge in [0, 0.05) is 17.5 Å². The third kappa shape index (κ3) is 4.86. The smallest absolute Gasteiger partial charge is 0.119 e. The van der Waals surface area contributed by atoms with Crippen molar-refractivity contribution in [1.82, 2.24) is 4.90 Å². The SMILES string of the molecule is CCC(COc1ccc(Cl)cc1)CN(C)C. The first-order chi connectivity index (χ1) is 7.61. The summed E-state index contributed by atoms with van der Waals surface area (Å²) in [5.41, 5.74) is 0. The van der Waals surface area contributed by atoms with Crippen LogP contribution in [0.3, 0.4) is 0 Å². The average molecular weight is 242 g/mol. The van der Waals surface area contributed by atoms with E-state index < -0.39 is 0 Å². The van der Waals surface area contributed by atoms with E-state index in [1.807, 2.05) is 24.3 Å². The van der Waals surface area contributed by atoms with E-state index in [0.717, 1.165) is 30.3 Å². The molecule has 0 saturated carbocycles. The number of hydrogen-bond donors (Lipinski definition) is 0. The van der Waals surface area contributed by atoms with Gasteiger partial charge in [0.05, 0.1) is 6.61 Å². The number of nitrogens with zero attached hydrogens (tertiary/aromatic N) is 1. The summed E-state index contributed by atoms with van der Waals surface area (Å²) in [4.78, 5) is 2.19. The molecule has 0 aromatic heterocycles. The Kier molecular flexibility index (Phi) is 5.64. The fourth-order valence-corrected chi connectivity index (χ4v) is 1.69. The maximum Gasteiger partial charge on any atom is 0.119 e. The first-order valence-electron chi connectivity index (χ1n) is 5.65. The second-order valence-corrected chi connectivity index (χ2v) is 4.74. The molecule has 0 spiro atoms. The molecular weight excluding hydrogens is 222 g/mol. The Labute approximate surface area is 103 Å². The summed E-state index contributed by atoms with van der Waals surface area (Å²) < 4.78 is 5.73. The third-order valence-electron chi connectivity index (χ3n) is 2.50. The Morgan fingerprint density at radius 2 is 1.88 bits per heavy atom. The van der Waals surface area contributed by atoms with Crippen LogP contribution in [0.15, 0.2) is 24.3 Å². The fourth-order valence-electron chi connectivity index (χ4n) is 1.56. The van der Waals surface area contributed by atoms with Gasteiger partial charge in [-0.1, -0.05) is 18.5 Å². The topological polar surface area (TPSA) is 12.5 Å². The van der Waals surface area contributed by atoms with Crippen LogP contribution in [0.2, 0.25) is 5.02 Å². The van der Waals surface area contributed by atoms with E-state index in [4.69, 9.17) is 16.3 Å². The molecule has 0 aliphatic carbocycles. The van der Waals surface area contributed by atoms with E-state index in [9.17, 15) is 0 Å². The largest absolute Gasteiger partial charge is 0.493 e. The molecule has 0 bridgehead atoms. The van der Waals surface area contributed by atoms with Crippen molar-refractivity contribution >= 4 is 11.6 Å². The van der Waals surface area contributed by atoms with Crippen LogP contribution in [-0.2, 0) is 0 Å². The lowest BCUT2D eigenvalue weighted by Gasteiger charge is -2.19. The summed E-state index contributed by atoms with van der Waals surface area (Å²) in [6, 6.07) is 7.52. The van der Waals surface area contributed by atoms with Crippen molar-refractivity contribution in [2.75, 3.05) is 27.2 Å². The van der Waals surface area contributed by atoms with Gasteiger partial charge in [-0.3, -0.25) is 0 Å². The van der Waals surface area contributed by atoms with Gasteiger partial charge in [-0.05, 0) is 44.8 Å². The Morgan fingerprint density at radius 3 is 2.38 bits per heavy atom. The van der Waals surface area contributed by atoms with Gasteiger partial charge in [-0.15, -0.1) is 0 Å². The zero-order valence-corrected chi connectivity index (χ0v) is 11.0. The van der Waals surface area contributed by atoms with E-state index >= 15 is 0 Å². The minimum absolute atomic E-state index is 0.575. The van der Waals surface area contributed by atoms with Gasteiger partial charge in [-0.2, -0.15) is 0 Å². The molecule has 3 heteroatoms. The van der Waals surface area contributed by atoms with Crippen molar-refractivity contribution in [1.29, 1.82) is 0 Å². The fraction of sp³-hybridized carbons (Fsp3) is 0.538. The number of rotatable bonds is 6. The monoisotopic (exact) mass is 241 g/mol. The van der Waals surface area contributed by atoms with Gasteiger partial charge >= 0.3 is 0 Å². The summed E-state index contributed by atoms with van der Waals surface area (Å²) in [6.07, 6.45) is 1.13. The van der Waals surface area contributed by atoms with Crippen LogP contribution in [0.5, 0.6) is 5.75 Å². The van der Waals surface area contributed by atoms with Crippen molar-refractivity contribution in [2.45, 2.75) is 13.3 Å². The molecule has 0 N–H and O–H groups in total. The summed E-state index contributed by atoms with van der Waals surface area (Å²) in [5, 5.41) is 0.743. The molecule has 0 aliphatic rings. The van der Waals surface area contributed by atoms with Gasteiger partial charge < -0.3 is 9.64 Å². The Hall–Kier alpha value is -0.730. The lowest BCUT2D eigenvalue weighted by molar-refractivity contribution is 0.206. The van der Waals surface area contributed by atoms with Crippen LogP contribution in [0.4, 0.5) is 0 Å². The lowest BCUT2D eigenvalue weighted by Crippen LogP contribution is -2.25. The van der Waals surface area contributed by atoms with Crippen LogP contribution >= 0.6 is 11.6 Å². The number of ether oxygens (including phenoxy) is 1. The van der Waals surface area contributed by atoms with Crippen LogP contribution in [-0.4, -0.2) is 32.1 Å². The molecule has 0 radical (unpaired) electrons. The van der Waals surface area contributed by atoms with E-state index in [0.29, 0.717) is 5.92 Å². The minimum Gasteiger partial charge on any atom is -0.493 e. The van der Waals surface area contributed by atoms with Crippen molar-refractivity contribution in [3.05, 3.63) is 29.3 Å². The molecule has 0 aliphatic heterocycles. The molecule has 0 saturated heterocycles. The predicted molar refractivity (Wildman–Crippen MR) is 69.3 cm³/mol. The predicted octanol–water partition coefficient (Wildman–Crippen LogP) is 3.31. The standard InChI is InChI=1S/C13H20ClNO/c1-4-11(9-15(2)3)10-16-13-7-5-12(14)6-8-13/h5-8,11H,4,9-10H2,1-3H3. The highest BCUT2D eigenvalue weighted by atomic mass is 35.5. The second kappa shape index (κ2) is 6.77. The number of halogens is 1. The summed E-state index contributed by atoms with van der Waals surface area (Å²) in [7, 11) is 4.18. The zero-order chi connectivity index (χ0) is 12.0. The Balaban J connectivity index is 2.40. The molecule has 90 valence electrons. The van der Waals surface area contributed by atoms with Crippen molar-refractivity contribution < 1.29 is 4.74 Å². The number of benzene rings is 1. The Bertz CT molecular complexity index is 297. The molecule has 1 unspecified atom stereocenters. The average Bonchev–Trinajstić information content (AvgIpc) is 2.26. The molecule has 1 aromatic carbocycles. The van der Waals surface area contributed by atoms with Gasteiger partial charge in [0.2, 0.25) is 0 Å². The number of hydrogen-bond acceptors (Lipinski definition) is 2. The first-order valence-corrected chi connectivity index (χ1v) is 6.02.